The second-order valence-corrected chi connectivity index (χ2v) is 3.79. The largest absolute Gasteiger partial charge is 0.283 e. The number of amides is 1. The Balaban J connectivity index is 2.48. The Morgan fingerprint density at radius 2 is 2.07 bits per heavy atom. The van der Waals surface area contributed by atoms with Crippen molar-refractivity contribution in [2.75, 3.05) is 6.26 Å². The van der Waals surface area contributed by atoms with Gasteiger partial charge in [0.2, 0.25) is 0 Å². The van der Waals surface area contributed by atoms with Crippen molar-refractivity contribution in [3.63, 3.8) is 0 Å². The van der Waals surface area contributed by atoms with Gasteiger partial charge in [0, 0.05) is 18.0 Å². The molecule has 0 aliphatic heterocycles. The molecular weight excluding hydrogens is 218 g/mol. The van der Waals surface area contributed by atoms with Crippen LogP contribution in [0.1, 0.15) is 10.4 Å². The summed E-state index contributed by atoms with van der Waals surface area (Å²) in [7, 11) is 0. The molecule has 1 aromatic rings. The van der Waals surface area contributed by atoms with Crippen molar-refractivity contribution in [2.45, 2.75) is 0 Å². The number of thioether (sulfide) groups is 1. The SMILES string of the molecule is CSC(=S)NNC(=O)c1ccncc1. The van der Waals surface area contributed by atoms with Crippen LogP contribution >= 0.6 is 24.0 Å². The molecule has 0 aromatic carbocycles. The van der Waals surface area contributed by atoms with E-state index in [1.165, 1.54) is 11.8 Å². The minimum Gasteiger partial charge on any atom is -0.283 e. The number of carbonyl (C=O) groups is 1. The topological polar surface area (TPSA) is 54.0 Å². The van der Waals surface area contributed by atoms with E-state index in [1.807, 2.05) is 6.26 Å². The molecule has 14 heavy (non-hydrogen) atoms. The lowest BCUT2D eigenvalue weighted by atomic mass is 10.3. The summed E-state index contributed by atoms with van der Waals surface area (Å²) in [5.41, 5.74) is 5.61. The summed E-state index contributed by atoms with van der Waals surface area (Å²) >= 11 is 6.20. The monoisotopic (exact) mass is 227 g/mol. The first kappa shape index (κ1) is 10.9. The van der Waals surface area contributed by atoms with E-state index in [-0.39, 0.29) is 5.91 Å². The van der Waals surface area contributed by atoms with Crippen LogP contribution in [-0.2, 0) is 0 Å². The van der Waals surface area contributed by atoms with Crippen LogP contribution in [0, 0.1) is 0 Å². The maximum atomic E-state index is 11.4. The van der Waals surface area contributed by atoms with Gasteiger partial charge in [0.25, 0.3) is 5.91 Å². The molecule has 0 atom stereocenters. The van der Waals surface area contributed by atoms with Crippen molar-refractivity contribution in [1.82, 2.24) is 15.8 Å². The van der Waals surface area contributed by atoms with Crippen molar-refractivity contribution >= 4 is 34.2 Å². The molecule has 0 aliphatic rings. The normalized spacial score (nSPS) is 9.21. The molecule has 6 heteroatoms. The lowest BCUT2D eigenvalue weighted by Gasteiger charge is -2.06. The van der Waals surface area contributed by atoms with E-state index in [4.69, 9.17) is 12.2 Å². The fraction of sp³-hybridized carbons (Fsp3) is 0.125. The smallest absolute Gasteiger partial charge is 0.269 e. The highest BCUT2D eigenvalue weighted by atomic mass is 32.2. The third-order valence-corrected chi connectivity index (χ3v) is 2.48. The molecule has 1 rings (SSSR count). The molecule has 0 radical (unpaired) electrons. The number of aromatic nitrogens is 1. The molecule has 0 aliphatic carbocycles. The van der Waals surface area contributed by atoms with Crippen molar-refractivity contribution < 1.29 is 4.79 Å². The van der Waals surface area contributed by atoms with Gasteiger partial charge >= 0.3 is 0 Å². The van der Waals surface area contributed by atoms with E-state index >= 15 is 0 Å². The summed E-state index contributed by atoms with van der Waals surface area (Å²) in [5.74, 6) is -0.233. The maximum Gasteiger partial charge on any atom is 0.269 e. The van der Waals surface area contributed by atoms with Crippen molar-refractivity contribution in [1.29, 1.82) is 0 Å². The number of hydrogen-bond donors (Lipinski definition) is 2. The first-order chi connectivity index (χ1) is 6.74. The van der Waals surface area contributed by atoms with Gasteiger partial charge in [-0.3, -0.25) is 20.6 Å². The average Bonchev–Trinajstić information content (AvgIpc) is 2.26. The number of hydrogen-bond acceptors (Lipinski definition) is 4. The Hall–Kier alpha value is -1.14. The quantitative estimate of drug-likeness (QED) is 0.553. The molecule has 0 bridgehead atoms. The Morgan fingerprint density at radius 3 is 2.64 bits per heavy atom. The van der Waals surface area contributed by atoms with Gasteiger partial charge in [-0.1, -0.05) is 24.0 Å². The molecule has 0 fully saturated rings. The summed E-state index contributed by atoms with van der Waals surface area (Å²) in [6, 6.07) is 3.25. The average molecular weight is 227 g/mol. The lowest BCUT2D eigenvalue weighted by molar-refractivity contribution is 0.0944. The standard InChI is InChI=1S/C8H9N3OS2/c1-14-8(13)11-10-7(12)6-2-4-9-5-3-6/h2-5H,1H3,(H,10,12)(H,11,13). The molecule has 2 N–H and O–H groups in total. The second kappa shape index (κ2) is 5.56. The molecule has 0 unspecified atom stereocenters. The highest BCUT2D eigenvalue weighted by Crippen LogP contribution is 1.95. The highest BCUT2D eigenvalue weighted by molar-refractivity contribution is 8.22. The van der Waals surface area contributed by atoms with Crippen molar-refractivity contribution in [2.24, 2.45) is 0 Å². The highest BCUT2D eigenvalue weighted by Gasteiger charge is 2.03. The minimum absolute atomic E-state index is 0.233. The number of nitrogens with zero attached hydrogens (tertiary/aromatic N) is 1. The second-order valence-electron chi connectivity index (χ2n) is 2.31. The number of rotatable bonds is 1. The van der Waals surface area contributed by atoms with Crippen molar-refractivity contribution in [3.8, 4) is 0 Å². The van der Waals surface area contributed by atoms with Gasteiger partial charge in [-0.05, 0) is 18.4 Å². The summed E-state index contributed by atoms with van der Waals surface area (Å²) in [5, 5.41) is 0. The van der Waals surface area contributed by atoms with E-state index in [9.17, 15) is 4.79 Å². The molecule has 1 aromatic heterocycles. The Kier molecular flexibility index (Phi) is 4.34. The predicted octanol–water partition coefficient (Wildman–Crippen LogP) is 0.964. The molecule has 4 nitrogen and oxygen atoms in total. The number of thiocarbonyl (C=S) groups is 1. The van der Waals surface area contributed by atoms with Crippen LogP contribution in [-0.4, -0.2) is 21.5 Å². The summed E-state index contributed by atoms with van der Waals surface area (Å²) in [6.07, 6.45) is 4.94. The number of carbonyl (C=O) groups excluding carboxylic acids is 1. The maximum absolute atomic E-state index is 11.4. The Bertz CT molecular complexity index is 329. The van der Waals surface area contributed by atoms with Gasteiger partial charge in [0.05, 0.1) is 0 Å². The molecule has 0 spiro atoms. The van der Waals surface area contributed by atoms with Gasteiger partial charge in [0.1, 0.15) is 0 Å². The summed E-state index contributed by atoms with van der Waals surface area (Å²) in [4.78, 5) is 15.2. The summed E-state index contributed by atoms with van der Waals surface area (Å²) < 4.78 is 0.521. The van der Waals surface area contributed by atoms with E-state index in [1.54, 1.807) is 24.5 Å². The van der Waals surface area contributed by atoms with Gasteiger partial charge in [0.15, 0.2) is 4.32 Å². The Morgan fingerprint density at radius 1 is 1.43 bits per heavy atom. The fourth-order valence-electron chi connectivity index (χ4n) is 0.734. The van der Waals surface area contributed by atoms with E-state index in [0.717, 1.165) is 0 Å². The van der Waals surface area contributed by atoms with Crippen molar-refractivity contribution in [3.05, 3.63) is 30.1 Å². The van der Waals surface area contributed by atoms with E-state index < -0.39 is 0 Å². The van der Waals surface area contributed by atoms with E-state index in [2.05, 4.69) is 15.8 Å². The van der Waals surface area contributed by atoms with Crippen LogP contribution in [0.25, 0.3) is 0 Å². The zero-order valence-electron chi connectivity index (χ0n) is 7.48. The molecule has 0 saturated heterocycles. The summed E-state index contributed by atoms with van der Waals surface area (Å²) in [6.45, 7) is 0. The molecular formula is C8H9N3OS2. The Labute approximate surface area is 91.5 Å². The first-order valence-corrected chi connectivity index (χ1v) is 5.41. The first-order valence-electron chi connectivity index (χ1n) is 3.78. The molecule has 0 saturated carbocycles. The van der Waals surface area contributed by atoms with E-state index in [0.29, 0.717) is 9.88 Å². The van der Waals surface area contributed by atoms with Crippen LogP contribution in [0.2, 0.25) is 0 Å². The molecule has 74 valence electrons. The number of hydrazine groups is 1. The predicted molar refractivity (Wildman–Crippen MR) is 61.0 cm³/mol. The van der Waals surface area contributed by atoms with Gasteiger partial charge < -0.3 is 0 Å². The fourth-order valence-corrected chi connectivity index (χ4v) is 0.938. The van der Waals surface area contributed by atoms with Crippen LogP contribution in [0.4, 0.5) is 0 Å². The van der Waals surface area contributed by atoms with Crippen LogP contribution < -0.4 is 10.9 Å². The van der Waals surface area contributed by atoms with Gasteiger partial charge in [-0.25, -0.2) is 0 Å². The number of pyridine rings is 1. The zero-order valence-corrected chi connectivity index (χ0v) is 9.11. The van der Waals surface area contributed by atoms with Crippen LogP contribution in [0.15, 0.2) is 24.5 Å². The minimum atomic E-state index is -0.233. The van der Waals surface area contributed by atoms with Crippen LogP contribution in [0.3, 0.4) is 0 Å². The van der Waals surface area contributed by atoms with Gasteiger partial charge in [-0.2, -0.15) is 0 Å². The molecule has 1 amide bonds. The van der Waals surface area contributed by atoms with Crippen LogP contribution in [0.5, 0.6) is 0 Å². The third-order valence-electron chi connectivity index (χ3n) is 1.41. The number of nitrogens with one attached hydrogen (secondary N) is 2. The zero-order chi connectivity index (χ0) is 10.4. The van der Waals surface area contributed by atoms with Gasteiger partial charge in [-0.15, -0.1) is 0 Å². The molecule has 1 heterocycles. The third kappa shape index (κ3) is 3.31. The lowest BCUT2D eigenvalue weighted by Crippen LogP contribution is -2.39.